The van der Waals surface area contributed by atoms with Crippen LogP contribution in [0.5, 0.6) is 0 Å². The SMILES string of the molecule is CSc1ccc(C(C)NC(=O)C(C)CN)cc1. The Bertz CT molecular complexity index is 364. The van der Waals surface area contributed by atoms with Gasteiger partial charge < -0.3 is 11.1 Å². The van der Waals surface area contributed by atoms with Gasteiger partial charge in [0.05, 0.1) is 6.04 Å². The van der Waals surface area contributed by atoms with Crippen molar-refractivity contribution in [1.29, 1.82) is 0 Å². The van der Waals surface area contributed by atoms with Crippen LogP contribution in [-0.4, -0.2) is 18.7 Å². The van der Waals surface area contributed by atoms with Crippen molar-refractivity contribution in [2.75, 3.05) is 12.8 Å². The Morgan fingerprint density at radius 3 is 2.41 bits per heavy atom. The summed E-state index contributed by atoms with van der Waals surface area (Å²) in [4.78, 5) is 12.9. The van der Waals surface area contributed by atoms with Gasteiger partial charge in [-0.2, -0.15) is 0 Å². The van der Waals surface area contributed by atoms with Crippen LogP contribution in [-0.2, 0) is 4.79 Å². The number of hydrogen-bond acceptors (Lipinski definition) is 3. The summed E-state index contributed by atoms with van der Waals surface area (Å²) in [6.45, 7) is 4.19. The van der Waals surface area contributed by atoms with Crippen LogP contribution in [0.25, 0.3) is 0 Å². The molecule has 0 bridgehead atoms. The van der Waals surface area contributed by atoms with Crippen LogP contribution >= 0.6 is 11.8 Å². The lowest BCUT2D eigenvalue weighted by atomic mass is 10.1. The first kappa shape index (κ1) is 14.1. The first-order valence-electron chi connectivity index (χ1n) is 5.73. The summed E-state index contributed by atoms with van der Waals surface area (Å²) in [5.74, 6) is -0.128. The molecule has 0 saturated heterocycles. The van der Waals surface area contributed by atoms with Gasteiger partial charge in [-0.3, -0.25) is 4.79 Å². The average molecular weight is 252 g/mol. The number of carbonyl (C=O) groups is 1. The maximum atomic E-state index is 11.7. The molecule has 1 rings (SSSR count). The standard InChI is InChI=1S/C13H20N2OS/c1-9(8-14)13(16)15-10(2)11-4-6-12(17-3)7-5-11/h4-7,9-10H,8,14H2,1-3H3,(H,15,16). The molecule has 1 aromatic rings. The van der Waals surface area contributed by atoms with Crippen molar-refractivity contribution in [3.63, 3.8) is 0 Å². The number of nitrogens with one attached hydrogen (secondary N) is 1. The normalized spacial score (nSPS) is 14.1. The number of nitrogens with two attached hydrogens (primary N) is 1. The van der Waals surface area contributed by atoms with Crippen molar-refractivity contribution in [3.8, 4) is 0 Å². The van der Waals surface area contributed by atoms with E-state index < -0.39 is 0 Å². The van der Waals surface area contributed by atoms with Crippen molar-refractivity contribution in [1.82, 2.24) is 5.32 Å². The number of benzene rings is 1. The number of carbonyl (C=O) groups excluding carboxylic acids is 1. The van der Waals surface area contributed by atoms with E-state index >= 15 is 0 Å². The lowest BCUT2D eigenvalue weighted by Gasteiger charge is -2.17. The van der Waals surface area contributed by atoms with Crippen LogP contribution in [0.4, 0.5) is 0 Å². The van der Waals surface area contributed by atoms with E-state index in [9.17, 15) is 4.79 Å². The molecule has 3 nitrogen and oxygen atoms in total. The molecule has 0 fully saturated rings. The van der Waals surface area contributed by atoms with Crippen molar-refractivity contribution >= 4 is 17.7 Å². The fourth-order valence-corrected chi connectivity index (χ4v) is 1.85. The molecule has 1 aromatic carbocycles. The van der Waals surface area contributed by atoms with E-state index in [4.69, 9.17) is 5.73 Å². The monoisotopic (exact) mass is 252 g/mol. The highest BCUT2D eigenvalue weighted by Crippen LogP contribution is 2.19. The molecule has 0 aliphatic carbocycles. The Labute approximate surface area is 107 Å². The predicted octanol–water partition coefficient (Wildman–Crippen LogP) is 2.18. The van der Waals surface area contributed by atoms with Gasteiger partial charge in [0.1, 0.15) is 0 Å². The second-order valence-electron chi connectivity index (χ2n) is 4.14. The van der Waals surface area contributed by atoms with E-state index in [-0.39, 0.29) is 17.9 Å². The van der Waals surface area contributed by atoms with Gasteiger partial charge in [-0.1, -0.05) is 19.1 Å². The smallest absolute Gasteiger partial charge is 0.224 e. The van der Waals surface area contributed by atoms with Crippen molar-refractivity contribution < 1.29 is 4.79 Å². The van der Waals surface area contributed by atoms with Crippen LogP contribution < -0.4 is 11.1 Å². The highest BCUT2D eigenvalue weighted by Gasteiger charge is 2.14. The van der Waals surface area contributed by atoms with Crippen molar-refractivity contribution in [3.05, 3.63) is 29.8 Å². The molecule has 0 saturated carbocycles. The zero-order valence-corrected chi connectivity index (χ0v) is 11.4. The second-order valence-corrected chi connectivity index (χ2v) is 5.02. The van der Waals surface area contributed by atoms with Crippen LogP contribution in [0, 0.1) is 5.92 Å². The molecular formula is C13H20N2OS. The first-order chi connectivity index (χ1) is 8.08. The third-order valence-corrected chi connectivity index (χ3v) is 3.52. The Hall–Kier alpha value is -1.00. The third-order valence-electron chi connectivity index (χ3n) is 2.78. The molecule has 0 aliphatic heterocycles. The van der Waals surface area contributed by atoms with Gasteiger partial charge in [0, 0.05) is 17.4 Å². The number of amides is 1. The topological polar surface area (TPSA) is 55.1 Å². The fourth-order valence-electron chi connectivity index (χ4n) is 1.44. The highest BCUT2D eigenvalue weighted by atomic mass is 32.2. The molecule has 0 heterocycles. The molecule has 0 radical (unpaired) electrons. The zero-order valence-electron chi connectivity index (χ0n) is 10.6. The van der Waals surface area contributed by atoms with E-state index in [0.717, 1.165) is 5.56 Å². The Morgan fingerprint density at radius 1 is 1.35 bits per heavy atom. The maximum absolute atomic E-state index is 11.7. The molecule has 17 heavy (non-hydrogen) atoms. The minimum atomic E-state index is -0.136. The molecule has 0 aromatic heterocycles. The highest BCUT2D eigenvalue weighted by molar-refractivity contribution is 7.98. The van der Waals surface area contributed by atoms with Gasteiger partial charge in [-0.05, 0) is 30.9 Å². The summed E-state index contributed by atoms with van der Waals surface area (Å²) in [5, 5.41) is 2.96. The Kier molecular flexibility index (Phi) is 5.51. The summed E-state index contributed by atoms with van der Waals surface area (Å²) in [6.07, 6.45) is 2.04. The third kappa shape index (κ3) is 4.06. The molecule has 0 spiro atoms. The van der Waals surface area contributed by atoms with E-state index in [2.05, 4.69) is 17.4 Å². The predicted molar refractivity (Wildman–Crippen MR) is 73.0 cm³/mol. The first-order valence-corrected chi connectivity index (χ1v) is 6.95. The van der Waals surface area contributed by atoms with Crippen molar-refractivity contribution in [2.24, 2.45) is 11.7 Å². The molecule has 1 amide bonds. The quantitative estimate of drug-likeness (QED) is 0.790. The molecule has 2 atom stereocenters. The van der Waals surface area contributed by atoms with Crippen LogP contribution in [0.1, 0.15) is 25.5 Å². The number of hydrogen-bond donors (Lipinski definition) is 2. The van der Waals surface area contributed by atoms with E-state index in [1.807, 2.05) is 32.2 Å². The molecule has 3 N–H and O–H groups in total. The van der Waals surface area contributed by atoms with E-state index in [1.54, 1.807) is 11.8 Å². The second kappa shape index (κ2) is 6.67. The van der Waals surface area contributed by atoms with Gasteiger partial charge >= 0.3 is 0 Å². The van der Waals surface area contributed by atoms with Gasteiger partial charge in [-0.25, -0.2) is 0 Å². The minimum Gasteiger partial charge on any atom is -0.349 e. The minimum absolute atomic E-state index is 0.00828. The fraction of sp³-hybridized carbons (Fsp3) is 0.462. The summed E-state index contributed by atoms with van der Waals surface area (Å²) in [7, 11) is 0. The van der Waals surface area contributed by atoms with Crippen LogP contribution in [0.15, 0.2) is 29.2 Å². The van der Waals surface area contributed by atoms with E-state index in [1.165, 1.54) is 4.90 Å². The lowest BCUT2D eigenvalue weighted by Crippen LogP contribution is -2.34. The Morgan fingerprint density at radius 2 is 1.94 bits per heavy atom. The molecule has 4 heteroatoms. The molecule has 0 aliphatic rings. The average Bonchev–Trinajstić information content (AvgIpc) is 2.37. The van der Waals surface area contributed by atoms with Crippen LogP contribution in [0.3, 0.4) is 0 Å². The lowest BCUT2D eigenvalue weighted by molar-refractivity contribution is -0.124. The maximum Gasteiger partial charge on any atom is 0.224 e. The molecule has 94 valence electrons. The summed E-state index contributed by atoms with van der Waals surface area (Å²) < 4.78 is 0. The number of thioether (sulfide) groups is 1. The van der Waals surface area contributed by atoms with Gasteiger partial charge in [0.15, 0.2) is 0 Å². The summed E-state index contributed by atoms with van der Waals surface area (Å²) in [6, 6.07) is 8.24. The summed E-state index contributed by atoms with van der Waals surface area (Å²) in [5.41, 5.74) is 6.57. The van der Waals surface area contributed by atoms with Gasteiger partial charge in [0.2, 0.25) is 5.91 Å². The zero-order chi connectivity index (χ0) is 12.8. The van der Waals surface area contributed by atoms with E-state index in [0.29, 0.717) is 6.54 Å². The molecule has 2 unspecified atom stereocenters. The molecular weight excluding hydrogens is 232 g/mol. The van der Waals surface area contributed by atoms with Crippen LogP contribution in [0.2, 0.25) is 0 Å². The largest absolute Gasteiger partial charge is 0.349 e. The Balaban J connectivity index is 2.63. The van der Waals surface area contributed by atoms with Gasteiger partial charge in [0.25, 0.3) is 0 Å². The van der Waals surface area contributed by atoms with Crippen molar-refractivity contribution in [2.45, 2.75) is 24.8 Å². The summed E-state index contributed by atoms with van der Waals surface area (Å²) >= 11 is 1.71. The van der Waals surface area contributed by atoms with Gasteiger partial charge in [-0.15, -0.1) is 11.8 Å². The number of rotatable bonds is 5.